The molecule has 0 amide bonds. The van der Waals surface area contributed by atoms with Gasteiger partial charge in [-0.2, -0.15) is 0 Å². The number of carbonyl (C=O) groups is 2. The molecule has 1 aliphatic heterocycles. The highest BCUT2D eigenvalue weighted by Crippen LogP contribution is 2.38. The van der Waals surface area contributed by atoms with E-state index in [1.54, 1.807) is 60.7 Å². The third kappa shape index (κ3) is 4.30. The molecule has 142 valence electrons. The molecular weight excluding hydrogens is 372 g/mol. The molecule has 1 saturated heterocycles. The summed E-state index contributed by atoms with van der Waals surface area (Å²) in [5, 5.41) is 10.1. The molecule has 1 heterocycles. The minimum atomic E-state index is -1.38. The van der Waals surface area contributed by atoms with Crippen molar-refractivity contribution in [1.82, 2.24) is 0 Å². The van der Waals surface area contributed by atoms with Gasteiger partial charge in [0.2, 0.25) is 0 Å². The average Bonchev–Trinajstić information content (AvgIpc) is 2.90. The second-order valence-electron chi connectivity index (χ2n) is 6.33. The number of alkyl halides is 1. The normalized spacial score (nSPS) is 27.1. The van der Waals surface area contributed by atoms with Gasteiger partial charge in [-0.1, -0.05) is 36.4 Å². The maximum Gasteiger partial charge on any atom is 0.338 e. The first-order valence-corrected chi connectivity index (χ1v) is 8.78. The van der Waals surface area contributed by atoms with E-state index in [-0.39, 0.29) is 6.61 Å². The highest BCUT2D eigenvalue weighted by Gasteiger charge is 2.55. The van der Waals surface area contributed by atoms with Crippen molar-refractivity contribution in [2.24, 2.45) is 0 Å². The van der Waals surface area contributed by atoms with E-state index in [1.165, 1.54) is 6.92 Å². The average molecular weight is 391 g/mol. The molecule has 0 bridgehead atoms. The third-order valence-corrected chi connectivity index (χ3v) is 4.71. The van der Waals surface area contributed by atoms with Crippen LogP contribution >= 0.6 is 11.6 Å². The van der Waals surface area contributed by atoms with Crippen molar-refractivity contribution in [1.29, 1.82) is 0 Å². The lowest BCUT2D eigenvalue weighted by Gasteiger charge is -2.26. The Morgan fingerprint density at radius 2 is 1.56 bits per heavy atom. The highest BCUT2D eigenvalue weighted by molar-refractivity contribution is 6.24. The van der Waals surface area contributed by atoms with Crippen molar-refractivity contribution in [2.75, 3.05) is 6.61 Å². The van der Waals surface area contributed by atoms with Crippen LogP contribution in [0.1, 0.15) is 27.6 Å². The Hall–Kier alpha value is -2.41. The van der Waals surface area contributed by atoms with Crippen LogP contribution in [-0.2, 0) is 14.2 Å². The number of esters is 2. The van der Waals surface area contributed by atoms with Gasteiger partial charge >= 0.3 is 11.9 Å². The fraction of sp³-hybridized carbons (Fsp3) is 0.300. The number of hydrogen-bond donors (Lipinski definition) is 1. The zero-order valence-corrected chi connectivity index (χ0v) is 15.3. The standard InChI is InChI=1S/C20H19ClO6/c1-20(21)16(27-18(23)14-10-6-3-7-11-14)15(26-19(20)24)12-25-17(22)13-8-4-2-5-9-13/h2-11,15-16,19,24H,12H2,1H3/t15-,16?,19?,20-/m1/s1. The maximum atomic E-state index is 12.4. The molecule has 0 radical (unpaired) electrons. The quantitative estimate of drug-likeness (QED) is 0.624. The minimum Gasteiger partial charge on any atom is -0.459 e. The van der Waals surface area contributed by atoms with Crippen LogP contribution in [-0.4, -0.2) is 47.0 Å². The molecular formula is C20H19ClO6. The van der Waals surface area contributed by atoms with E-state index in [0.29, 0.717) is 11.1 Å². The first kappa shape index (κ1) is 19.4. The lowest BCUT2D eigenvalue weighted by molar-refractivity contribution is -0.115. The maximum absolute atomic E-state index is 12.4. The van der Waals surface area contributed by atoms with E-state index < -0.39 is 35.3 Å². The van der Waals surface area contributed by atoms with Crippen molar-refractivity contribution < 1.29 is 28.9 Å². The van der Waals surface area contributed by atoms with Gasteiger partial charge in [-0.25, -0.2) is 9.59 Å². The van der Waals surface area contributed by atoms with E-state index in [1.807, 2.05) is 0 Å². The molecule has 7 heteroatoms. The zero-order chi connectivity index (χ0) is 19.4. The topological polar surface area (TPSA) is 82.1 Å². The van der Waals surface area contributed by atoms with E-state index >= 15 is 0 Å². The Morgan fingerprint density at radius 1 is 1.04 bits per heavy atom. The Labute approximate surface area is 161 Å². The van der Waals surface area contributed by atoms with Crippen molar-refractivity contribution in [2.45, 2.75) is 30.3 Å². The molecule has 0 spiro atoms. The highest BCUT2D eigenvalue weighted by atomic mass is 35.5. The molecule has 1 fully saturated rings. The van der Waals surface area contributed by atoms with Gasteiger partial charge in [0.05, 0.1) is 11.1 Å². The number of benzene rings is 2. The van der Waals surface area contributed by atoms with Gasteiger partial charge in [0.25, 0.3) is 0 Å². The summed E-state index contributed by atoms with van der Waals surface area (Å²) < 4.78 is 16.1. The minimum absolute atomic E-state index is 0.222. The number of carbonyl (C=O) groups excluding carboxylic acids is 2. The summed E-state index contributed by atoms with van der Waals surface area (Å²) in [6.07, 6.45) is -3.29. The van der Waals surface area contributed by atoms with Crippen molar-refractivity contribution >= 4 is 23.5 Å². The van der Waals surface area contributed by atoms with Crippen molar-refractivity contribution in [3.63, 3.8) is 0 Å². The number of ether oxygens (including phenoxy) is 3. The summed E-state index contributed by atoms with van der Waals surface area (Å²) in [6.45, 7) is 1.28. The fourth-order valence-corrected chi connectivity index (χ4v) is 3.00. The predicted molar refractivity (Wildman–Crippen MR) is 97.5 cm³/mol. The SMILES string of the molecule is C[C@]1(Cl)C(O)O[C@H](COC(=O)c2ccccc2)C1OC(=O)c1ccccc1. The third-order valence-electron chi connectivity index (χ3n) is 4.31. The number of halogens is 1. The van der Waals surface area contributed by atoms with E-state index in [0.717, 1.165) is 0 Å². The van der Waals surface area contributed by atoms with Crippen LogP contribution in [0.4, 0.5) is 0 Å². The zero-order valence-electron chi connectivity index (χ0n) is 14.6. The molecule has 6 nitrogen and oxygen atoms in total. The second kappa shape index (κ2) is 8.08. The van der Waals surface area contributed by atoms with Gasteiger partial charge in [-0.3, -0.25) is 0 Å². The van der Waals surface area contributed by atoms with E-state index in [9.17, 15) is 14.7 Å². The Bertz CT molecular complexity index is 793. The smallest absolute Gasteiger partial charge is 0.338 e. The number of rotatable bonds is 5. The Balaban J connectivity index is 1.69. The van der Waals surface area contributed by atoms with Gasteiger partial charge in [-0.05, 0) is 31.2 Å². The summed E-state index contributed by atoms with van der Waals surface area (Å²) in [5.41, 5.74) is 0.717. The number of aliphatic hydroxyl groups is 1. The molecule has 0 aromatic heterocycles. The lowest BCUT2D eigenvalue weighted by Crippen LogP contribution is -2.44. The molecule has 2 unspecified atom stereocenters. The van der Waals surface area contributed by atoms with Crippen LogP contribution in [0.15, 0.2) is 60.7 Å². The molecule has 0 saturated carbocycles. The Morgan fingerprint density at radius 3 is 2.11 bits per heavy atom. The van der Waals surface area contributed by atoms with Crippen LogP contribution in [0.25, 0.3) is 0 Å². The van der Waals surface area contributed by atoms with Crippen LogP contribution in [0, 0.1) is 0 Å². The molecule has 1 N–H and O–H groups in total. The van der Waals surface area contributed by atoms with Crippen LogP contribution in [0.2, 0.25) is 0 Å². The van der Waals surface area contributed by atoms with Crippen LogP contribution in [0.3, 0.4) is 0 Å². The van der Waals surface area contributed by atoms with E-state index in [2.05, 4.69) is 0 Å². The predicted octanol–water partition coefficient (Wildman–Crippen LogP) is 2.78. The number of hydrogen-bond acceptors (Lipinski definition) is 6. The molecule has 4 atom stereocenters. The van der Waals surface area contributed by atoms with Crippen molar-refractivity contribution in [3.05, 3.63) is 71.8 Å². The summed E-state index contributed by atoms with van der Waals surface area (Å²) in [6, 6.07) is 16.8. The summed E-state index contributed by atoms with van der Waals surface area (Å²) in [5.74, 6) is -1.16. The fourth-order valence-electron chi connectivity index (χ4n) is 2.76. The first-order chi connectivity index (χ1) is 12.9. The van der Waals surface area contributed by atoms with Gasteiger partial charge < -0.3 is 19.3 Å². The van der Waals surface area contributed by atoms with Crippen molar-refractivity contribution in [3.8, 4) is 0 Å². The second-order valence-corrected chi connectivity index (χ2v) is 7.15. The Kier molecular flexibility index (Phi) is 5.79. The molecule has 2 aromatic carbocycles. The molecule has 1 aliphatic rings. The van der Waals surface area contributed by atoms with E-state index in [4.69, 9.17) is 25.8 Å². The van der Waals surface area contributed by atoms with Crippen LogP contribution in [0.5, 0.6) is 0 Å². The summed E-state index contributed by atoms with van der Waals surface area (Å²) in [4.78, 5) is 23.1. The largest absolute Gasteiger partial charge is 0.459 e. The molecule has 2 aromatic rings. The lowest BCUT2D eigenvalue weighted by atomic mass is 10.0. The van der Waals surface area contributed by atoms with Gasteiger partial charge in [0.15, 0.2) is 12.4 Å². The van der Waals surface area contributed by atoms with Gasteiger partial charge in [-0.15, -0.1) is 11.6 Å². The number of aliphatic hydroxyl groups excluding tert-OH is 1. The summed E-state index contributed by atoms with van der Waals surface area (Å²) >= 11 is 6.35. The van der Waals surface area contributed by atoms with Crippen LogP contribution < -0.4 is 0 Å². The monoisotopic (exact) mass is 390 g/mol. The first-order valence-electron chi connectivity index (χ1n) is 8.40. The molecule has 27 heavy (non-hydrogen) atoms. The molecule has 0 aliphatic carbocycles. The molecule has 3 rings (SSSR count). The van der Waals surface area contributed by atoms with Gasteiger partial charge in [0, 0.05) is 0 Å². The van der Waals surface area contributed by atoms with Gasteiger partial charge in [0.1, 0.15) is 17.6 Å². The summed E-state index contributed by atoms with van der Waals surface area (Å²) in [7, 11) is 0.